The topological polar surface area (TPSA) is 115 Å². The molecule has 1 fully saturated rings. The summed E-state index contributed by atoms with van der Waals surface area (Å²) in [6.07, 6.45) is 0.497. The summed E-state index contributed by atoms with van der Waals surface area (Å²) in [5, 5.41) is 14.3. The molecule has 1 aliphatic rings. The number of rotatable bonds is 3. The zero-order valence-electron chi connectivity index (χ0n) is 11.9. The SMILES string of the molecule is CCC1C(=O)NCCN1C(=O)Nc1cc(C)[nH]c1C(=O)O. The number of nitrogens with zero attached hydrogens (tertiary/aromatic N) is 1. The summed E-state index contributed by atoms with van der Waals surface area (Å²) >= 11 is 0. The number of hydrogen-bond acceptors (Lipinski definition) is 3. The van der Waals surface area contributed by atoms with Crippen LogP contribution in [0.3, 0.4) is 0 Å². The molecule has 21 heavy (non-hydrogen) atoms. The molecular formula is C13H18N4O4. The molecule has 8 nitrogen and oxygen atoms in total. The van der Waals surface area contributed by atoms with Gasteiger partial charge in [-0.25, -0.2) is 9.59 Å². The number of carbonyl (C=O) groups is 3. The summed E-state index contributed by atoms with van der Waals surface area (Å²) in [5.74, 6) is -1.34. The van der Waals surface area contributed by atoms with Gasteiger partial charge in [-0.1, -0.05) is 6.92 Å². The average Bonchev–Trinajstić information content (AvgIpc) is 2.79. The number of anilines is 1. The molecule has 0 saturated carbocycles. The van der Waals surface area contributed by atoms with E-state index in [2.05, 4.69) is 15.6 Å². The maximum Gasteiger partial charge on any atom is 0.354 e. The number of nitrogens with one attached hydrogen (secondary N) is 3. The molecule has 0 radical (unpaired) electrons. The molecule has 1 aromatic heterocycles. The van der Waals surface area contributed by atoms with E-state index in [9.17, 15) is 14.4 Å². The first-order chi connectivity index (χ1) is 9.93. The van der Waals surface area contributed by atoms with E-state index in [4.69, 9.17) is 5.11 Å². The molecule has 0 bridgehead atoms. The lowest BCUT2D eigenvalue weighted by molar-refractivity contribution is -0.127. The predicted octanol–water partition coefficient (Wildman–Crippen LogP) is 0.764. The number of hydrogen-bond donors (Lipinski definition) is 4. The second-order valence-corrected chi connectivity index (χ2v) is 4.88. The minimum Gasteiger partial charge on any atom is -0.477 e. The van der Waals surface area contributed by atoms with Crippen molar-refractivity contribution in [1.29, 1.82) is 0 Å². The normalized spacial score (nSPS) is 18.3. The van der Waals surface area contributed by atoms with Crippen LogP contribution < -0.4 is 10.6 Å². The van der Waals surface area contributed by atoms with E-state index in [-0.39, 0.29) is 17.3 Å². The van der Waals surface area contributed by atoms with Gasteiger partial charge < -0.3 is 25.6 Å². The molecule has 3 amide bonds. The predicted molar refractivity (Wildman–Crippen MR) is 75.3 cm³/mol. The van der Waals surface area contributed by atoms with Gasteiger partial charge in [0, 0.05) is 18.8 Å². The van der Waals surface area contributed by atoms with Gasteiger partial charge in [0.15, 0.2) is 0 Å². The Morgan fingerprint density at radius 2 is 2.24 bits per heavy atom. The Morgan fingerprint density at radius 3 is 2.86 bits per heavy atom. The minimum atomic E-state index is -1.15. The number of amides is 3. The van der Waals surface area contributed by atoms with Gasteiger partial charge in [0.05, 0.1) is 5.69 Å². The van der Waals surface area contributed by atoms with E-state index in [1.165, 1.54) is 4.90 Å². The van der Waals surface area contributed by atoms with Gasteiger partial charge in [0.2, 0.25) is 5.91 Å². The van der Waals surface area contributed by atoms with E-state index in [1.54, 1.807) is 13.0 Å². The van der Waals surface area contributed by atoms with Gasteiger partial charge in [-0.2, -0.15) is 0 Å². The van der Waals surface area contributed by atoms with Crippen molar-refractivity contribution in [3.63, 3.8) is 0 Å². The molecule has 2 rings (SSSR count). The van der Waals surface area contributed by atoms with Crippen LogP contribution in [0.25, 0.3) is 0 Å². The minimum absolute atomic E-state index is 0.0737. The number of carbonyl (C=O) groups excluding carboxylic acids is 2. The van der Waals surface area contributed by atoms with Crippen molar-refractivity contribution < 1.29 is 19.5 Å². The smallest absolute Gasteiger partial charge is 0.354 e. The van der Waals surface area contributed by atoms with Crippen LogP contribution in [0.1, 0.15) is 29.5 Å². The number of piperazine rings is 1. The van der Waals surface area contributed by atoms with Crippen molar-refractivity contribution in [2.24, 2.45) is 0 Å². The molecule has 0 aromatic carbocycles. The molecule has 1 atom stereocenters. The van der Waals surface area contributed by atoms with Gasteiger partial charge in [0.1, 0.15) is 11.7 Å². The van der Waals surface area contributed by atoms with Crippen molar-refractivity contribution in [2.75, 3.05) is 18.4 Å². The van der Waals surface area contributed by atoms with Crippen LogP contribution >= 0.6 is 0 Å². The molecule has 1 aliphatic heterocycles. The first kappa shape index (κ1) is 14.9. The van der Waals surface area contributed by atoms with Crippen LogP contribution in [0, 0.1) is 6.92 Å². The van der Waals surface area contributed by atoms with Crippen molar-refractivity contribution in [2.45, 2.75) is 26.3 Å². The zero-order valence-corrected chi connectivity index (χ0v) is 11.9. The second-order valence-electron chi connectivity index (χ2n) is 4.88. The van der Waals surface area contributed by atoms with Gasteiger partial charge in [-0.15, -0.1) is 0 Å². The molecular weight excluding hydrogens is 276 g/mol. The molecule has 1 unspecified atom stereocenters. The molecule has 4 N–H and O–H groups in total. The van der Waals surface area contributed by atoms with Gasteiger partial charge >= 0.3 is 12.0 Å². The Labute approximate surface area is 121 Å². The van der Waals surface area contributed by atoms with Crippen molar-refractivity contribution in [3.8, 4) is 0 Å². The summed E-state index contributed by atoms with van der Waals surface area (Å²) in [5.41, 5.74) is 0.757. The number of aryl methyl sites for hydroxylation is 1. The lowest BCUT2D eigenvalue weighted by Crippen LogP contribution is -2.57. The Kier molecular flexibility index (Phi) is 4.15. The van der Waals surface area contributed by atoms with Gasteiger partial charge in [-0.05, 0) is 19.4 Å². The maximum atomic E-state index is 12.3. The Bertz CT molecular complexity index is 581. The number of aromatic nitrogens is 1. The fourth-order valence-corrected chi connectivity index (χ4v) is 2.41. The summed E-state index contributed by atoms with van der Waals surface area (Å²) in [4.78, 5) is 39.2. The fourth-order valence-electron chi connectivity index (χ4n) is 2.41. The molecule has 8 heteroatoms. The van der Waals surface area contributed by atoms with Crippen molar-refractivity contribution >= 4 is 23.6 Å². The Hall–Kier alpha value is -2.51. The van der Waals surface area contributed by atoms with E-state index < -0.39 is 18.0 Å². The number of H-pyrrole nitrogens is 1. The van der Waals surface area contributed by atoms with Gasteiger partial charge in [-0.3, -0.25) is 4.79 Å². The van der Waals surface area contributed by atoms with E-state index >= 15 is 0 Å². The van der Waals surface area contributed by atoms with E-state index in [0.717, 1.165) is 0 Å². The molecule has 2 heterocycles. The fraction of sp³-hybridized carbons (Fsp3) is 0.462. The Balaban J connectivity index is 2.17. The summed E-state index contributed by atoms with van der Waals surface area (Å²) < 4.78 is 0. The lowest BCUT2D eigenvalue weighted by Gasteiger charge is -2.34. The molecule has 114 valence electrons. The molecule has 1 saturated heterocycles. The monoisotopic (exact) mass is 294 g/mol. The Morgan fingerprint density at radius 1 is 1.52 bits per heavy atom. The summed E-state index contributed by atoms with van der Waals surface area (Å²) in [6.45, 7) is 4.30. The van der Waals surface area contributed by atoms with E-state index in [1.807, 2.05) is 6.92 Å². The number of carboxylic acid groups (broad SMARTS) is 1. The van der Waals surface area contributed by atoms with Crippen LogP contribution in [-0.4, -0.2) is 52.0 Å². The highest BCUT2D eigenvalue weighted by Gasteiger charge is 2.32. The summed E-state index contributed by atoms with van der Waals surface area (Å²) in [7, 11) is 0. The highest BCUT2D eigenvalue weighted by atomic mass is 16.4. The average molecular weight is 294 g/mol. The standard InChI is InChI=1S/C13H18N4O4/c1-3-9-11(18)14-4-5-17(9)13(21)16-8-6-7(2)15-10(8)12(19)20/h6,9,15H,3-5H2,1-2H3,(H,14,18)(H,16,21)(H,19,20). The van der Waals surface area contributed by atoms with Crippen LogP contribution in [0.5, 0.6) is 0 Å². The maximum absolute atomic E-state index is 12.3. The van der Waals surface area contributed by atoms with Crippen molar-refractivity contribution in [3.05, 3.63) is 17.5 Å². The number of carboxylic acids is 1. The van der Waals surface area contributed by atoms with Crippen molar-refractivity contribution in [1.82, 2.24) is 15.2 Å². The first-order valence-electron chi connectivity index (χ1n) is 6.72. The van der Waals surface area contributed by atoms with Crippen LogP contribution in [-0.2, 0) is 4.79 Å². The highest BCUT2D eigenvalue weighted by molar-refractivity contribution is 6.00. The van der Waals surface area contributed by atoms with Crippen LogP contribution in [0.15, 0.2) is 6.07 Å². The molecule has 0 aliphatic carbocycles. The second kappa shape index (κ2) is 5.86. The third-order valence-electron chi connectivity index (χ3n) is 3.39. The number of aromatic carboxylic acids is 1. The quantitative estimate of drug-likeness (QED) is 0.659. The number of aromatic amines is 1. The largest absolute Gasteiger partial charge is 0.477 e. The number of urea groups is 1. The molecule has 1 aromatic rings. The van der Waals surface area contributed by atoms with Gasteiger partial charge in [0.25, 0.3) is 0 Å². The van der Waals surface area contributed by atoms with Crippen LogP contribution in [0.4, 0.5) is 10.5 Å². The third-order valence-corrected chi connectivity index (χ3v) is 3.39. The first-order valence-corrected chi connectivity index (χ1v) is 6.72. The molecule has 0 spiro atoms. The highest BCUT2D eigenvalue weighted by Crippen LogP contribution is 2.19. The lowest BCUT2D eigenvalue weighted by atomic mass is 10.1. The summed E-state index contributed by atoms with van der Waals surface area (Å²) in [6, 6.07) is 0.539. The van der Waals surface area contributed by atoms with Crippen LogP contribution in [0.2, 0.25) is 0 Å². The van der Waals surface area contributed by atoms with E-state index in [0.29, 0.717) is 25.2 Å². The third kappa shape index (κ3) is 2.99. The zero-order chi connectivity index (χ0) is 15.6.